The zero-order valence-corrected chi connectivity index (χ0v) is 22.9. The average Bonchev–Trinajstić information content (AvgIpc) is 3.00. The van der Waals surface area contributed by atoms with E-state index in [4.69, 9.17) is 0 Å². The summed E-state index contributed by atoms with van der Waals surface area (Å²) in [5.41, 5.74) is 5.81. The molecule has 4 aromatic carbocycles. The Labute approximate surface area is 233 Å². The third-order valence-electron chi connectivity index (χ3n) is 7.85. The highest BCUT2D eigenvalue weighted by molar-refractivity contribution is 5.94. The lowest BCUT2D eigenvalue weighted by atomic mass is 9.88. The Morgan fingerprint density at radius 2 is 1.23 bits per heavy atom. The number of rotatable bonds is 10. The largest absolute Gasteiger partial charge is 0.346 e. The minimum Gasteiger partial charge on any atom is -0.346 e. The summed E-state index contributed by atoms with van der Waals surface area (Å²) in [5.74, 6) is 0.397. The number of amides is 1. The van der Waals surface area contributed by atoms with Gasteiger partial charge < -0.3 is 10.2 Å². The number of benzene rings is 4. The molecule has 0 aromatic heterocycles. The number of piperazine rings is 1. The number of hydrogen-bond donors (Lipinski definition) is 1. The van der Waals surface area contributed by atoms with E-state index in [0.29, 0.717) is 5.92 Å². The first-order valence-corrected chi connectivity index (χ1v) is 14.1. The number of nitrogens with zero attached hydrogens (tertiary/aromatic N) is 2. The van der Waals surface area contributed by atoms with Crippen molar-refractivity contribution in [1.82, 2.24) is 15.1 Å². The van der Waals surface area contributed by atoms with Crippen LogP contribution >= 0.6 is 0 Å². The predicted molar refractivity (Wildman–Crippen MR) is 160 cm³/mol. The van der Waals surface area contributed by atoms with Gasteiger partial charge in [-0.2, -0.15) is 0 Å². The van der Waals surface area contributed by atoms with Crippen LogP contribution in [-0.4, -0.2) is 48.4 Å². The summed E-state index contributed by atoms with van der Waals surface area (Å²) in [6.45, 7) is 8.23. The molecule has 1 atom stereocenters. The van der Waals surface area contributed by atoms with E-state index in [1.807, 2.05) is 55.5 Å². The first-order valence-electron chi connectivity index (χ1n) is 14.1. The van der Waals surface area contributed by atoms with Gasteiger partial charge in [0.1, 0.15) is 0 Å². The zero-order chi connectivity index (χ0) is 26.9. The molecular weight excluding hydrogens is 478 g/mol. The first kappa shape index (κ1) is 26.9. The molecule has 0 spiro atoms. The highest BCUT2D eigenvalue weighted by Gasteiger charge is 2.20. The lowest BCUT2D eigenvalue weighted by Crippen LogP contribution is -2.46. The van der Waals surface area contributed by atoms with E-state index in [0.717, 1.165) is 56.8 Å². The maximum Gasteiger partial charge on any atom is 0.251 e. The van der Waals surface area contributed by atoms with Crippen LogP contribution in [0.1, 0.15) is 57.9 Å². The minimum absolute atomic E-state index is 0.0237. The Morgan fingerprint density at radius 1 is 0.692 bits per heavy atom. The lowest BCUT2D eigenvalue weighted by molar-refractivity contribution is 0.0939. The summed E-state index contributed by atoms with van der Waals surface area (Å²) >= 11 is 0. The molecule has 0 saturated carbocycles. The highest BCUT2D eigenvalue weighted by Crippen LogP contribution is 2.28. The van der Waals surface area contributed by atoms with Crippen molar-refractivity contribution in [1.29, 1.82) is 0 Å². The fourth-order valence-corrected chi connectivity index (χ4v) is 5.55. The van der Waals surface area contributed by atoms with E-state index < -0.39 is 0 Å². The van der Waals surface area contributed by atoms with Crippen LogP contribution in [0.3, 0.4) is 0 Å². The van der Waals surface area contributed by atoms with Crippen LogP contribution in [0.4, 0.5) is 0 Å². The van der Waals surface area contributed by atoms with Crippen molar-refractivity contribution in [2.75, 3.05) is 32.7 Å². The van der Waals surface area contributed by atoms with Gasteiger partial charge in [0, 0.05) is 44.2 Å². The maximum atomic E-state index is 12.9. The molecule has 0 radical (unpaired) electrons. The standard InChI is InChI=1S/C35H39N3O/c1-28(30-13-5-2-6-14-30)36-35(39)33-19-11-12-29(26-33)27-38-24-22-37(23-25-38)21-20-34(31-15-7-3-8-16-31)32-17-9-4-10-18-32/h2-19,26,28,34H,20-25,27H2,1H3,(H,36,39). The molecule has 1 unspecified atom stereocenters. The van der Waals surface area contributed by atoms with Gasteiger partial charge in [-0.05, 0) is 54.3 Å². The molecule has 39 heavy (non-hydrogen) atoms. The molecule has 1 heterocycles. The molecule has 0 bridgehead atoms. The summed E-state index contributed by atoms with van der Waals surface area (Å²) in [4.78, 5) is 18.0. The van der Waals surface area contributed by atoms with Crippen molar-refractivity contribution in [3.8, 4) is 0 Å². The quantitative estimate of drug-likeness (QED) is 0.260. The third kappa shape index (κ3) is 7.44. The molecule has 4 nitrogen and oxygen atoms in total. The van der Waals surface area contributed by atoms with E-state index in [1.54, 1.807) is 0 Å². The highest BCUT2D eigenvalue weighted by atomic mass is 16.1. The summed E-state index contributed by atoms with van der Waals surface area (Å²) in [6, 6.07) is 39.9. The monoisotopic (exact) mass is 517 g/mol. The Balaban J connectivity index is 1.12. The maximum absolute atomic E-state index is 12.9. The normalized spacial score (nSPS) is 15.2. The van der Waals surface area contributed by atoms with E-state index >= 15 is 0 Å². The molecule has 4 heteroatoms. The van der Waals surface area contributed by atoms with Crippen LogP contribution in [0.15, 0.2) is 115 Å². The molecular formula is C35H39N3O. The molecule has 0 aliphatic carbocycles. The average molecular weight is 518 g/mol. The van der Waals surface area contributed by atoms with Gasteiger partial charge >= 0.3 is 0 Å². The van der Waals surface area contributed by atoms with Crippen LogP contribution in [0.25, 0.3) is 0 Å². The third-order valence-corrected chi connectivity index (χ3v) is 7.85. The van der Waals surface area contributed by atoms with Crippen LogP contribution in [0.2, 0.25) is 0 Å². The predicted octanol–water partition coefficient (Wildman–Crippen LogP) is 6.52. The van der Waals surface area contributed by atoms with Crippen molar-refractivity contribution in [3.63, 3.8) is 0 Å². The molecule has 1 aliphatic rings. The van der Waals surface area contributed by atoms with Crippen molar-refractivity contribution in [2.45, 2.75) is 31.8 Å². The van der Waals surface area contributed by atoms with Gasteiger partial charge in [-0.15, -0.1) is 0 Å². The van der Waals surface area contributed by atoms with Crippen molar-refractivity contribution >= 4 is 5.91 Å². The van der Waals surface area contributed by atoms with Gasteiger partial charge in [0.15, 0.2) is 0 Å². The molecule has 1 amide bonds. The minimum atomic E-state index is -0.0289. The van der Waals surface area contributed by atoms with Crippen molar-refractivity contribution in [3.05, 3.63) is 143 Å². The molecule has 1 aliphatic heterocycles. The Kier molecular flexibility index (Phi) is 9.21. The van der Waals surface area contributed by atoms with E-state index in [9.17, 15) is 4.79 Å². The van der Waals surface area contributed by atoms with E-state index in [1.165, 1.54) is 16.7 Å². The fraction of sp³-hybridized carbons (Fsp3) is 0.286. The topological polar surface area (TPSA) is 35.6 Å². The Bertz CT molecular complexity index is 1260. The molecule has 4 aromatic rings. The summed E-state index contributed by atoms with van der Waals surface area (Å²) in [5, 5.41) is 3.14. The van der Waals surface area contributed by atoms with Gasteiger partial charge in [0.05, 0.1) is 6.04 Å². The Morgan fingerprint density at radius 3 is 1.82 bits per heavy atom. The second-order valence-corrected chi connectivity index (χ2v) is 10.6. The van der Waals surface area contributed by atoms with Gasteiger partial charge in [0.25, 0.3) is 5.91 Å². The molecule has 1 N–H and O–H groups in total. The van der Waals surface area contributed by atoms with Crippen molar-refractivity contribution < 1.29 is 4.79 Å². The van der Waals surface area contributed by atoms with Gasteiger partial charge in [-0.3, -0.25) is 9.69 Å². The SMILES string of the molecule is CC(NC(=O)c1cccc(CN2CCN(CCC(c3ccccc3)c3ccccc3)CC2)c1)c1ccccc1. The molecule has 1 fully saturated rings. The van der Waals surface area contributed by atoms with Crippen LogP contribution in [0.5, 0.6) is 0 Å². The number of carbonyl (C=O) groups is 1. The zero-order valence-electron chi connectivity index (χ0n) is 22.9. The van der Waals surface area contributed by atoms with Gasteiger partial charge in [0.2, 0.25) is 0 Å². The van der Waals surface area contributed by atoms with Crippen molar-refractivity contribution in [2.24, 2.45) is 0 Å². The molecule has 200 valence electrons. The van der Waals surface area contributed by atoms with E-state index in [-0.39, 0.29) is 11.9 Å². The first-order chi connectivity index (χ1) is 19.2. The number of carbonyl (C=O) groups excluding carboxylic acids is 1. The van der Waals surface area contributed by atoms with Gasteiger partial charge in [-0.1, -0.05) is 103 Å². The second-order valence-electron chi connectivity index (χ2n) is 10.6. The van der Waals surface area contributed by atoms with Crippen LogP contribution in [-0.2, 0) is 6.54 Å². The molecule has 5 rings (SSSR count). The van der Waals surface area contributed by atoms with Crippen LogP contribution < -0.4 is 5.32 Å². The van der Waals surface area contributed by atoms with E-state index in [2.05, 4.69) is 81.8 Å². The summed E-state index contributed by atoms with van der Waals surface area (Å²) < 4.78 is 0. The second kappa shape index (κ2) is 13.4. The summed E-state index contributed by atoms with van der Waals surface area (Å²) in [7, 11) is 0. The number of hydrogen-bond acceptors (Lipinski definition) is 3. The number of nitrogens with one attached hydrogen (secondary N) is 1. The lowest BCUT2D eigenvalue weighted by Gasteiger charge is -2.35. The fourth-order valence-electron chi connectivity index (χ4n) is 5.55. The smallest absolute Gasteiger partial charge is 0.251 e. The molecule has 1 saturated heterocycles. The Hall–Kier alpha value is -3.73. The van der Waals surface area contributed by atoms with Crippen LogP contribution in [0, 0.1) is 0 Å². The summed E-state index contributed by atoms with van der Waals surface area (Å²) in [6.07, 6.45) is 1.12. The van der Waals surface area contributed by atoms with Gasteiger partial charge in [-0.25, -0.2) is 0 Å².